The zero-order valence-corrected chi connectivity index (χ0v) is 18.6. The van der Waals surface area contributed by atoms with Crippen molar-refractivity contribution in [1.82, 2.24) is 24.9 Å². The third-order valence-electron chi connectivity index (χ3n) is 5.92. The van der Waals surface area contributed by atoms with Gasteiger partial charge in [-0.05, 0) is 31.5 Å². The fraction of sp³-hybridized carbons (Fsp3) is 0.500. The Balaban J connectivity index is 1.39. The van der Waals surface area contributed by atoms with Crippen molar-refractivity contribution in [1.29, 1.82) is 0 Å². The Morgan fingerprint density at radius 3 is 2.84 bits per heavy atom. The third-order valence-corrected chi connectivity index (χ3v) is 5.92. The fourth-order valence-electron chi connectivity index (χ4n) is 4.28. The molecule has 1 saturated heterocycles. The number of carbonyl (C=O) groups is 1. The Morgan fingerprint density at radius 2 is 2.06 bits per heavy atom. The van der Waals surface area contributed by atoms with Crippen LogP contribution in [0, 0.1) is 0 Å². The molecule has 7 nitrogen and oxygen atoms in total. The minimum atomic E-state index is 0.100. The topological polar surface area (TPSA) is 75.4 Å². The highest BCUT2D eigenvalue weighted by Gasteiger charge is 2.27. The molecule has 0 bridgehead atoms. The maximum Gasteiger partial charge on any atom is 0.229 e. The second-order valence-corrected chi connectivity index (χ2v) is 8.69. The number of likely N-dealkylation sites (tertiary alicyclic amines) is 1. The van der Waals surface area contributed by atoms with Gasteiger partial charge in [0.05, 0.1) is 11.2 Å². The summed E-state index contributed by atoms with van der Waals surface area (Å²) in [5.74, 6) is 1.63. The van der Waals surface area contributed by atoms with E-state index in [0.29, 0.717) is 24.7 Å². The molecule has 2 aromatic heterocycles. The predicted octanol–water partition coefficient (Wildman–Crippen LogP) is 3.80. The second-order valence-electron chi connectivity index (χ2n) is 8.69. The smallest absolute Gasteiger partial charge is 0.229 e. The van der Waals surface area contributed by atoms with Gasteiger partial charge < -0.3 is 9.42 Å². The Labute approximate surface area is 183 Å². The van der Waals surface area contributed by atoms with E-state index in [0.717, 1.165) is 49.1 Å². The molecule has 1 unspecified atom stereocenters. The Bertz CT molecular complexity index is 1030. The number of aromatic nitrogens is 3. The van der Waals surface area contributed by atoms with Crippen LogP contribution in [0.15, 0.2) is 40.9 Å². The molecule has 1 aliphatic heterocycles. The van der Waals surface area contributed by atoms with Crippen molar-refractivity contribution in [3.05, 3.63) is 53.8 Å². The standard InChI is InChI=1S/C24H31N5O2/c1-17(2)24-26-23(27-31-24)12-14-29(18(3)30)21-8-6-13-28(16-21)15-20-11-10-19-7-4-5-9-22(19)25-20/h4-5,7,9-11,17,21H,6,8,12-16H2,1-3H3. The van der Waals surface area contributed by atoms with E-state index in [-0.39, 0.29) is 17.9 Å². The lowest BCUT2D eigenvalue weighted by molar-refractivity contribution is -0.132. The summed E-state index contributed by atoms with van der Waals surface area (Å²) in [6.45, 7) is 9.01. The summed E-state index contributed by atoms with van der Waals surface area (Å²) in [5.41, 5.74) is 2.10. The Hall–Kier alpha value is -2.80. The molecule has 1 aromatic carbocycles. The molecule has 0 radical (unpaired) electrons. The largest absolute Gasteiger partial charge is 0.339 e. The fourth-order valence-corrected chi connectivity index (χ4v) is 4.28. The number of carbonyl (C=O) groups excluding carboxylic acids is 1. The zero-order chi connectivity index (χ0) is 21.8. The lowest BCUT2D eigenvalue weighted by Gasteiger charge is -2.39. The van der Waals surface area contributed by atoms with E-state index in [4.69, 9.17) is 9.51 Å². The van der Waals surface area contributed by atoms with E-state index in [1.165, 1.54) is 0 Å². The summed E-state index contributed by atoms with van der Waals surface area (Å²) in [5, 5.41) is 5.23. The minimum Gasteiger partial charge on any atom is -0.339 e. The highest BCUT2D eigenvalue weighted by atomic mass is 16.5. The third kappa shape index (κ3) is 5.28. The molecule has 164 valence electrons. The van der Waals surface area contributed by atoms with Gasteiger partial charge in [-0.25, -0.2) is 0 Å². The first-order chi connectivity index (χ1) is 15.0. The maximum absolute atomic E-state index is 12.4. The van der Waals surface area contributed by atoms with Crippen LogP contribution in [0.1, 0.15) is 56.9 Å². The van der Waals surface area contributed by atoms with Crippen LogP contribution in [0.5, 0.6) is 0 Å². The number of hydrogen-bond donors (Lipinski definition) is 0. The molecule has 1 amide bonds. The van der Waals surface area contributed by atoms with Crippen LogP contribution in [-0.2, 0) is 17.8 Å². The SMILES string of the molecule is CC(=O)N(CCc1noc(C(C)C)n1)C1CCCN(Cc2ccc3ccccc3n2)C1. The molecule has 0 aliphatic carbocycles. The lowest BCUT2D eigenvalue weighted by Crippen LogP contribution is -2.50. The average Bonchev–Trinajstić information content (AvgIpc) is 3.23. The van der Waals surface area contributed by atoms with E-state index < -0.39 is 0 Å². The maximum atomic E-state index is 12.4. The van der Waals surface area contributed by atoms with E-state index >= 15 is 0 Å². The summed E-state index contributed by atoms with van der Waals surface area (Å²) < 4.78 is 5.30. The van der Waals surface area contributed by atoms with Gasteiger partial charge in [-0.3, -0.25) is 14.7 Å². The first kappa shape index (κ1) is 21.4. The van der Waals surface area contributed by atoms with E-state index in [1.54, 1.807) is 6.92 Å². The van der Waals surface area contributed by atoms with Gasteiger partial charge in [0.2, 0.25) is 11.8 Å². The van der Waals surface area contributed by atoms with Crippen LogP contribution in [0.4, 0.5) is 0 Å². The number of para-hydroxylation sites is 1. The molecule has 3 aromatic rings. The van der Waals surface area contributed by atoms with Crippen molar-refractivity contribution < 1.29 is 9.32 Å². The van der Waals surface area contributed by atoms with Crippen molar-refractivity contribution in [2.75, 3.05) is 19.6 Å². The summed E-state index contributed by atoms with van der Waals surface area (Å²) >= 11 is 0. The summed E-state index contributed by atoms with van der Waals surface area (Å²) in [6, 6.07) is 12.6. The normalized spacial score (nSPS) is 17.4. The lowest BCUT2D eigenvalue weighted by atomic mass is 10.0. The van der Waals surface area contributed by atoms with Crippen molar-refractivity contribution in [2.24, 2.45) is 0 Å². The molecule has 0 spiro atoms. The van der Waals surface area contributed by atoms with E-state index in [1.807, 2.05) is 30.9 Å². The molecule has 0 N–H and O–H groups in total. The van der Waals surface area contributed by atoms with Gasteiger partial charge in [-0.15, -0.1) is 0 Å². The number of rotatable bonds is 7. The predicted molar refractivity (Wildman–Crippen MR) is 120 cm³/mol. The van der Waals surface area contributed by atoms with Gasteiger partial charge >= 0.3 is 0 Å². The number of benzene rings is 1. The van der Waals surface area contributed by atoms with Crippen molar-refractivity contribution in [3.63, 3.8) is 0 Å². The van der Waals surface area contributed by atoms with Crippen molar-refractivity contribution >= 4 is 16.8 Å². The van der Waals surface area contributed by atoms with Crippen LogP contribution in [0.3, 0.4) is 0 Å². The van der Waals surface area contributed by atoms with Crippen LogP contribution >= 0.6 is 0 Å². The number of hydrogen-bond acceptors (Lipinski definition) is 6. The van der Waals surface area contributed by atoms with Crippen LogP contribution in [0.2, 0.25) is 0 Å². The number of pyridine rings is 1. The van der Waals surface area contributed by atoms with Gasteiger partial charge in [0.25, 0.3) is 0 Å². The molecule has 7 heteroatoms. The first-order valence-electron chi connectivity index (χ1n) is 11.2. The Morgan fingerprint density at radius 1 is 1.23 bits per heavy atom. The second kappa shape index (κ2) is 9.56. The molecule has 0 saturated carbocycles. The van der Waals surface area contributed by atoms with Gasteiger partial charge in [-0.2, -0.15) is 4.98 Å². The number of fused-ring (bicyclic) bond motifs is 1. The molecule has 1 atom stereocenters. The van der Waals surface area contributed by atoms with Crippen LogP contribution in [-0.4, -0.2) is 56.5 Å². The molecule has 31 heavy (non-hydrogen) atoms. The van der Waals surface area contributed by atoms with E-state index in [2.05, 4.69) is 39.3 Å². The molecular weight excluding hydrogens is 390 g/mol. The number of amides is 1. The zero-order valence-electron chi connectivity index (χ0n) is 18.6. The monoisotopic (exact) mass is 421 g/mol. The van der Waals surface area contributed by atoms with E-state index in [9.17, 15) is 4.79 Å². The van der Waals surface area contributed by atoms with Gasteiger partial charge in [0, 0.05) is 50.3 Å². The number of piperidine rings is 1. The van der Waals surface area contributed by atoms with Crippen LogP contribution < -0.4 is 0 Å². The van der Waals surface area contributed by atoms with Gasteiger partial charge in [0.15, 0.2) is 5.82 Å². The Kier molecular flexibility index (Phi) is 6.61. The van der Waals surface area contributed by atoms with Crippen molar-refractivity contribution in [2.45, 2.75) is 58.5 Å². The van der Waals surface area contributed by atoms with Gasteiger partial charge in [-0.1, -0.05) is 43.3 Å². The number of nitrogens with zero attached hydrogens (tertiary/aromatic N) is 5. The molecule has 1 aliphatic rings. The minimum absolute atomic E-state index is 0.100. The summed E-state index contributed by atoms with van der Waals surface area (Å²) in [7, 11) is 0. The average molecular weight is 422 g/mol. The molecule has 1 fully saturated rings. The highest BCUT2D eigenvalue weighted by molar-refractivity contribution is 5.78. The molecule has 3 heterocycles. The van der Waals surface area contributed by atoms with Crippen LogP contribution in [0.25, 0.3) is 10.9 Å². The van der Waals surface area contributed by atoms with Gasteiger partial charge in [0.1, 0.15) is 0 Å². The summed E-state index contributed by atoms with van der Waals surface area (Å²) in [4.78, 5) is 26.1. The molecular formula is C24H31N5O2. The quantitative estimate of drug-likeness (QED) is 0.578. The molecule has 4 rings (SSSR count). The summed E-state index contributed by atoms with van der Waals surface area (Å²) in [6.07, 6.45) is 2.70. The van der Waals surface area contributed by atoms with Crippen molar-refractivity contribution in [3.8, 4) is 0 Å². The first-order valence-corrected chi connectivity index (χ1v) is 11.2. The highest BCUT2D eigenvalue weighted by Crippen LogP contribution is 2.20.